The zero-order valence-electron chi connectivity index (χ0n) is 9.24. The van der Waals surface area contributed by atoms with Gasteiger partial charge in [0, 0.05) is 6.61 Å². The second kappa shape index (κ2) is 5.39. The zero-order chi connectivity index (χ0) is 11.5. The highest BCUT2D eigenvalue weighted by Gasteiger charge is 2.47. The van der Waals surface area contributed by atoms with Gasteiger partial charge in [-0.05, 0) is 6.92 Å². The molecule has 2 saturated heterocycles. The van der Waals surface area contributed by atoms with E-state index in [-0.39, 0.29) is 19.3 Å². The molecule has 0 bridgehead atoms. The van der Waals surface area contributed by atoms with Crippen LogP contribution < -0.4 is 0 Å². The van der Waals surface area contributed by atoms with Crippen molar-refractivity contribution in [2.75, 3.05) is 26.6 Å². The fourth-order valence-electron chi connectivity index (χ4n) is 2.17. The second-order valence-corrected chi connectivity index (χ2v) is 3.96. The molecule has 94 valence electrons. The molecule has 6 heteroatoms. The largest absolute Gasteiger partial charge is 0.394 e. The van der Waals surface area contributed by atoms with Crippen LogP contribution >= 0.6 is 0 Å². The van der Waals surface area contributed by atoms with E-state index < -0.39 is 24.6 Å². The van der Waals surface area contributed by atoms with Crippen molar-refractivity contribution in [1.29, 1.82) is 0 Å². The molecule has 2 N–H and O–H groups in total. The Morgan fingerprint density at radius 1 is 1.44 bits per heavy atom. The second-order valence-electron chi connectivity index (χ2n) is 3.96. The standard InChI is InChI=1S/C10H18O6/c1-2-14-9-6-4-13-5-15-10(6)16-7(3-11)8(9)12/h6-12H,2-5H2,1H3/t6-,7+,8+,9+,10+/m0/s1. The molecule has 0 spiro atoms. The van der Waals surface area contributed by atoms with Crippen LogP contribution in [0, 0.1) is 5.92 Å². The van der Waals surface area contributed by atoms with Gasteiger partial charge in [0.25, 0.3) is 0 Å². The summed E-state index contributed by atoms with van der Waals surface area (Å²) < 4.78 is 21.4. The van der Waals surface area contributed by atoms with E-state index in [0.29, 0.717) is 13.2 Å². The summed E-state index contributed by atoms with van der Waals surface area (Å²) in [4.78, 5) is 0. The Kier molecular flexibility index (Phi) is 4.12. The van der Waals surface area contributed by atoms with Crippen molar-refractivity contribution in [2.24, 2.45) is 5.92 Å². The van der Waals surface area contributed by atoms with Crippen LogP contribution in [0.4, 0.5) is 0 Å². The van der Waals surface area contributed by atoms with Gasteiger partial charge in [-0.3, -0.25) is 0 Å². The lowest BCUT2D eigenvalue weighted by atomic mass is 9.91. The molecule has 0 saturated carbocycles. The number of aliphatic hydroxyl groups is 2. The third kappa shape index (κ3) is 2.22. The lowest BCUT2D eigenvalue weighted by Crippen LogP contribution is -2.59. The van der Waals surface area contributed by atoms with Gasteiger partial charge in [0.05, 0.1) is 25.2 Å². The van der Waals surface area contributed by atoms with Gasteiger partial charge >= 0.3 is 0 Å². The van der Waals surface area contributed by atoms with E-state index in [9.17, 15) is 5.11 Å². The molecule has 0 aliphatic carbocycles. The topological polar surface area (TPSA) is 77.4 Å². The first-order chi connectivity index (χ1) is 7.77. The number of rotatable bonds is 3. The predicted octanol–water partition coefficient (Wildman–Crippen LogP) is -0.910. The lowest BCUT2D eigenvalue weighted by molar-refractivity contribution is -0.342. The highest BCUT2D eigenvalue weighted by Crippen LogP contribution is 2.31. The summed E-state index contributed by atoms with van der Waals surface area (Å²) in [5, 5.41) is 19.1. The van der Waals surface area contributed by atoms with Gasteiger partial charge in [0.2, 0.25) is 0 Å². The van der Waals surface area contributed by atoms with Gasteiger partial charge in [0.1, 0.15) is 19.0 Å². The van der Waals surface area contributed by atoms with Crippen molar-refractivity contribution in [3.63, 3.8) is 0 Å². The minimum atomic E-state index is -0.850. The van der Waals surface area contributed by atoms with E-state index >= 15 is 0 Å². The van der Waals surface area contributed by atoms with Crippen molar-refractivity contribution >= 4 is 0 Å². The number of ether oxygens (including phenoxy) is 4. The molecule has 0 unspecified atom stereocenters. The van der Waals surface area contributed by atoms with E-state index in [1.165, 1.54) is 0 Å². The van der Waals surface area contributed by atoms with E-state index in [2.05, 4.69) is 0 Å². The Morgan fingerprint density at radius 2 is 2.25 bits per heavy atom. The summed E-state index contributed by atoms with van der Waals surface area (Å²) in [7, 11) is 0. The summed E-state index contributed by atoms with van der Waals surface area (Å²) in [6.07, 6.45) is -2.39. The lowest BCUT2D eigenvalue weighted by Gasteiger charge is -2.45. The molecule has 16 heavy (non-hydrogen) atoms. The third-order valence-corrected chi connectivity index (χ3v) is 2.96. The van der Waals surface area contributed by atoms with Crippen molar-refractivity contribution in [3.05, 3.63) is 0 Å². The van der Waals surface area contributed by atoms with Gasteiger partial charge < -0.3 is 29.2 Å². The van der Waals surface area contributed by atoms with Crippen LogP contribution in [0.2, 0.25) is 0 Å². The molecule has 0 amide bonds. The van der Waals surface area contributed by atoms with Crippen LogP contribution in [0.3, 0.4) is 0 Å². The molecule has 0 aromatic carbocycles. The molecule has 5 atom stereocenters. The molecule has 0 aromatic rings. The Labute approximate surface area is 94.1 Å². The average molecular weight is 234 g/mol. The summed E-state index contributed by atoms with van der Waals surface area (Å²) >= 11 is 0. The monoisotopic (exact) mass is 234 g/mol. The highest BCUT2D eigenvalue weighted by atomic mass is 16.8. The first-order valence-corrected chi connectivity index (χ1v) is 5.53. The molecule has 2 rings (SSSR count). The van der Waals surface area contributed by atoms with E-state index in [1.54, 1.807) is 0 Å². The molecule has 0 aromatic heterocycles. The van der Waals surface area contributed by atoms with Crippen LogP contribution in [0.5, 0.6) is 0 Å². The average Bonchev–Trinajstić information content (AvgIpc) is 2.32. The smallest absolute Gasteiger partial charge is 0.168 e. The first-order valence-electron chi connectivity index (χ1n) is 5.53. The Morgan fingerprint density at radius 3 is 2.94 bits per heavy atom. The minimum absolute atomic E-state index is 0.147. The minimum Gasteiger partial charge on any atom is -0.394 e. The molecule has 2 heterocycles. The van der Waals surface area contributed by atoms with Gasteiger partial charge in [-0.15, -0.1) is 0 Å². The summed E-state index contributed by atoms with van der Waals surface area (Å²) in [6.45, 7) is 2.70. The summed E-state index contributed by atoms with van der Waals surface area (Å²) in [5.41, 5.74) is 0. The molecule has 2 aliphatic heterocycles. The highest BCUT2D eigenvalue weighted by molar-refractivity contribution is 4.90. The van der Waals surface area contributed by atoms with Crippen molar-refractivity contribution in [1.82, 2.24) is 0 Å². The maximum Gasteiger partial charge on any atom is 0.168 e. The van der Waals surface area contributed by atoms with Crippen LogP contribution in [0.15, 0.2) is 0 Å². The van der Waals surface area contributed by atoms with Crippen LogP contribution in [0.1, 0.15) is 6.92 Å². The molecule has 2 aliphatic rings. The summed E-state index contributed by atoms with van der Waals surface area (Å²) in [5.74, 6) is -0.147. The van der Waals surface area contributed by atoms with Crippen molar-refractivity contribution in [2.45, 2.75) is 31.5 Å². The van der Waals surface area contributed by atoms with E-state index in [4.69, 9.17) is 24.1 Å². The molecular formula is C10H18O6. The maximum absolute atomic E-state index is 9.98. The van der Waals surface area contributed by atoms with Gasteiger partial charge in [-0.25, -0.2) is 0 Å². The molecule has 2 fully saturated rings. The van der Waals surface area contributed by atoms with Gasteiger partial charge in [-0.1, -0.05) is 0 Å². The summed E-state index contributed by atoms with van der Waals surface area (Å²) in [6, 6.07) is 0. The fourth-order valence-corrected chi connectivity index (χ4v) is 2.17. The Bertz CT molecular complexity index is 223. The number of aliphatic hydroxyl groups excluding tert-OH is 2. The molecular weight excluding hydrogens is 216 g/mol. The third-order valence-electron chi connectivity index (χ3n) is 2.96. The number of fused-ring (bicyclic) bond motifs is 1. The first kappa shape index (κ1) is 12.2. The quantitative estimate of drug-likeness (QED) is 0.658. The molecule has 6 nitrogen and oxygen atoms in total. The SMILES string of the molecule is CCO[C@H]1[C@H](O)[C@@H](CO)O[C@H]2OCOC[C@H]21. The van der Waals surface area contributed by atoms with Crippen LogP contribution in [0.25, 0.3) is 0 Å². The van der Waals surface area contributed by atoms with E-state index in [1.807, 2.05) is 6.92 Å². The number of hydrogen-bond acceptors (Lipinski definition) is 6. The van der Waals surface area contributed by atoms with Crippen LogP contribution in [-0.2, 0) is 18.9 Å². The maximum atomic E-state index is 9.98. The number of hydrogen-bond donors (Lipinski definition) is 2. The van der Waals surface area contributed by atoms with Crippen molar-refractivity contribution < 1.29 is 29.2 Å². The van der Waals surface area contributed by atoms with Crippen molar-refractivity contribution in [3.8, 4) is 0 Å². The van der Waals surface area contributed by atoms with E-state index in [0.717, 1.165) is 0 Å². The fraction of sp³-hybridized carbons (Fsp3) is 1.00. The predicted molar refractivity (Wildman–Crippen MR) is 52.6 cm³/mol. The molecule has 0 radical (unpaired) electrons. The Balaban J connectivity index is 2.09. The van der Waals surface area contributed by atoms with Crippen LogP contribution in [-0.4, -0.2) is 61.4 Å². The zero-order valence-corrected chi connectivity index (χ0v) is 9.24. The normalized spacial score (nSPS) is 44.1. The Hall–Kier alpha value is -0.240. The van der Waals surface area contributed by atoms with Gasteiger partial charge in [-0.2, -0.15) is 0 Å². The van der Waals surface area contributed by atoms with Gasteiger partial charge in [0.15, 0.2) is 6.29 Å².